The first kappa shape index (κ1) is 15.2. The molecule has 1 unspecified atom stereocenters. The van der Waals surface area contributed by atoms with Crippen molar-refractivity contribution in [3.05, 3.63) is 75.3 Å². The smallest absolute Gasteiger partial charge is 0.272 e. The summed E-state index contributed by atoms with van der Waals surface area (Å²) in [6.45, 7) is 1.82. The van der Waals surface area contributed by atoms with Crippen molar-refractivity contribution in [2.75, 3.05) is 7.05 Å². The molecule has 1 atom stereocenters. The first-order valence-electron chi connectivity index (χ1n) is 7.08. The van der Waals surface area contributed by atoms with Gasteiger partial charge < -0.3 is 5.32 Å². The lowest BCUT2D eigenvalue weighted by molar-refractivity contribution is -0.385. The number of nitrogens with zero attached hydrogens (tertiary/aromatic N) is 1. The molecule has 0 fully saturated rings. The third-order valence-corrected chi connectivity index (χ3v) is 3.87. The van der Waals surface area contributed by atoms with Gasteiger partial charge in [0, 0.05) is 17.7 Å². The van der Waals surface area contributed by atoms with Crippen LogP contribution in [0.15, 0.2) is 48.5 Å². The Morgan fingerprint density at radius 1 is 1.14 bits per heavy atom. The van der Waals surface area contributed by atoms with E-state index in [0.29, 0.717) is 0 Å². The second kappa shape index (κ2) is 6.99. The minimum Gasteiger partial charge on any atom is -0.313 e. The second-order valence-electron chi connectivity index (χ2n) is 5.11. The molecule has 4 heteroatoms. The molecule has 0 aliphatic rings. The van der Waals surface area contributed by atoms with Gasteiger partial charge in [-0.05, 0) is 37.9 Å². The second-order valence-corrected chi connectivity index (χ2v) is 5.11. The Balaban J connectivity index is 2.12. The zero-order valence-corrected chi connectivity index (χ0v) is 12.4. The minimum absolute atomic E-state index is 0.202. The lowest BCUT2D eigenvalue weighted by Gasteiger charge is -2.17. The Labute approximate surface area is 125 Å². The van der Waals surface area contributed by atoms with Gasteiger partial charge in [0.15, 0.2) is 0 Å². The number of hydrogen-bond acceptors (Lipinski definition) is 3. The predicted molar refractivity (Wildman–Crippen MR) is 84.4 cm³/mol. The zero-order chi connectivity index (χ0) is 15.2. The number of nitro groups is 1. The minimum atomic E-state index is -0.314. The third kappa shape index (κ3) is 3.67. The standard InChI is InChI=1S/C17H20N2O2/c1-13-14(9-6-10-17(13)19(20)21)11-12-16(18-2)15-7-4-3-5-8-15/h3-10,16,18H,11-12H2,1-2H3. The Bertz CT molecular complexity index is 611. The Morgan fingerprint density at radius 3 is 2.48 bits per heavy atom. The highest BCUT2D eigenvalue weighted by molar-refractivity contribution is 5.44. The van der Waals surface area contributed by atoms with Gasteiger partial charge in [-0.15, -0.1) is 0 Å². The van der Waals surface area contributed by atoms with Gasteiger partial charge in [0.25, 0.3) is 5.69 Å². The summed E-state index contributed by atoms with van der Waals surface area (Å²) in [5.41, 5.74) is 3.25. The van der Waals surface area contributed by atoms with Crippen LogP contribution in [0, 0.1) is 17.0 Å². The van der Waals surface area contributed by atoms with Crippen molar-refractivity contribution >= 4 is 5.69 Å². The van der Waals surface area contributed by atoms with E-state index < -0.39 is 0 Å². The molecule has 2 aromatic carbocycles. The summed E-state index contributed by atoms with van der Waals surface area (Å²) in [7, 11) is 1.94. The topological polar surface area (TPSA) is 55.2 Å². The fourth-order valence-electron chi connectivity index (χ4n) is 2.60. The summed E-state index contributed by atoms with van der Waals surface area (Å²) in [6, 6.07) is 15.8. The van der Waals surface area contributed by atoms with Gasteiger partial charge in [0.05, 0.1) is 4.92 Å². The van der Waals surface area contributed by atoms with Crippen molar-refractivity contribution < 1.29 is 4.92 Å². The largest absolute Gasteiger partial charge is 0.313 e. The predicted octanol–water partition coefficient (Wildman–Crippen LogP) is 3.80. The van der Waals surface area contributed by atoms with Crippen LogP contribution in [0.4, 0.5) is 5.69 Å². The summed E-state index contributed by atoms with van der Waals surface area (Å²) in [5, 5.41) is 14.3. The van der Waals surface area contributed by atoms with Crippen molar-refractivity contribution in [1.82, 2.24) is 5.32 Å². The summed E-state index contributed by atoms with van der Waals surface area (Å²) >= 11 is 0. The van der Waals surface area contributed by atoms with Gasteiger partial charge >= 0.3 is 0 Å². The highest BCUT2D eigenvalue weighted by atomic mass is 16.6. The molecule has 0 amide bonds. The molecule has 0 aliphatic heterocycles. The number of hydrogen-bond donors (Lipinski definition) is 1. The molecule has 2 rings (SSSR count). The summed E-state index contributed by atoms with van der Waals surface area (Å²) in [5.74, 6) is 0. The normalized spacial score (nSPS) is 12.1. The Morgan fingerprint density at radius 2 is 1.86 bits per heavy atom. The molecule has 1 N–H and O–H groups in total. The summed E-state index contributed by atoms with van der Waals surface area (Å²) in [6.07, 6.45) is 1.72. The van der Waals surface area contributed by atoms with E-state index in [1.54, 1.807) is 12.1 Å². The van der Waals surface area contributed by atoms with Crippen LogP contribution in [-0.4, -0.2) is 12.0 Å². The van der Waals surface area contributed by atoms with Crippen molar-refractivity contribution in [3.63, 3.8) is 0 Å². The van der Waals surface area contributed by atoms with Gasteiger partial charge in [0.1, 0.15) is 0 Å². The van der Waals surface area contributed by atoms with Gasteiger partial charge in [-0.3, -0.25) is 10.1 Å². The van der Waals surface area contributed by atoms with Crippen LogP contribution >= 0.6 is 0 Å². The molecular weight excluding hydrogens is 264 g/mol. The van der Waals surface area contributed by atoms with Crippen LogP contribution in [0.25, 0.3) is 0 Å². The van der Waals surface area contributed by atoms with Crippen molar-refractivity contribution in [2.24, 2.45) is 0 Å². The molecule has 4 nitrogen and oxygen atoms in total. The van der Waals surface area contributed by atoms with Crippen LogP contribution in [-0.2, 0) is 6.42 Å². The number of rotatable bonds is 6. The summed E-state index contributed by atoms with van der Waals surface area (Å²) in [4.78, 5) is 10.7. The lowest BCUT2D eigenvalue weighted by Crippen LogP contribution is -2.17. The molecule has 0 spiro atoms. The van der Waals surface area contributed by atoms with E-state index in [1.807, 2.05) is 38.2 Å². The maximum absolute atomic E-state index is 11.0. The maximum Gasteiger partial charge on any atom is 0.272 e. The molecule has 110 valence electrons. The van der Waals surface area contributed by atoms with Gasteiger partial charge in [0.2, 0.25) is 0 Å². The molecule has 2 aromatic rings. The number of nitro benzene ring substituents is 1. The monoisotopic (exact) mass is 284 g/mol. The van der Waals surface area contributed by atoms with E-state index in [2.05, 4.69) is 17.4 Å². The van der Waals surface area contributed by atoms with E-state index in [1.165, 1.54) is 5.56 Å². The molecular formula is C17H20N2O2. The Kier molecular flexibility index (Phi) is 5.06. The fourth-order valence-corrected chi connectivity index (χ4v) is 2.60. The van der Waals surface area contributed by atoms with Crippen LogP contribution in [0.2, 0.25) is 0 Å². The molecule has 0 radical (unpaired) electrons. The average Bonchev–Trinajstić information content (AvgIpc) is 2.50. The van der Waals surface area contributed by atoms with Gasteiger partial charge in [-0.2, -0.15) is 0 Å². The van der Waals surface area contributed by atoms with Crippen molar-refractivity contribution in [2.45, 2.75) is 25.8 Å². The van der Waals surface area contributed by atoms with Crippen LogP contribution in [0.1, 0.15) is 29.2 Å². The van der Waals surface area contributed by atoms with Crippen molar-refractivity contribution in [1.29, 1.82) is 0 Å². The van der Waals surface area contributed by atoms with Crippen LogP contribution in [0.3, 0.4) is 0 Å². The fraction of sp³-hybridized carbons (Fsp3) is 0.294. The third-order valence-electron chi connectivity index (χ3n) is 3.87. The Hall–Kier alpha value is -2.20. The molecule has 0 bridgehead atoms. The molecule has 0 aliphatic carbocycles. The van der Waals surface area contributed by atoms with E-state index >= 15 is 0 Å². The van der Waals surface area contributed by atoms with E-state index in [-0.39, 0.29) is 16.7 Å². The number of benzene rings is 2. The van der Waals surface area contributed by atoms with Gasteiger partial charge in [-0.25, -0.2) is 0 Å². The van der Waals surface area contributed by atoms with Crippen LogP contribution in [0.5, 0.6) is 0 Å². The molecule has 0 saturated heterocycles. The van der Waals surface area contributed by atoms with Crippen LogP contribution < -0.4 is 5.32 Å². The number of nitrogens with one attached hydrogen (secondary N) is 1. The highest BCUT2D eigenvalue weighted by Gasteiger charge is 2.15. The first-order chi connectivity index (χ1) is 10.1. The lowest BCUT2D eigenvalue weighted by atomic mass is 9.96. The molecule has 0 aromatic heterocycles. The van der Waals surface area contributed by atoms with E-state index in [0.717, 1.165) is 24.0 Å². The average molecular weight is 284 g/mol. The quantitative estimate of drug-likeness (QED) is 0.648. The van der Waals surface area contributed by atoms with E-state index in [9.17, 15) is 10.1 Å². The van der Waals surface area contributed by atoms with Crippen molar-refractivity contribution in [3.8, 4) is 0 Å². The zero-order valence-electron chi connectivity index (χ0n) is 12.4. The molecule has 0 heterocycles. The highest BCUT2D eigenvalue weighted by Crippen LogP contribution is 2.25. The van der Waals surface area contributed by atoms with Gasteiger partial charge in [-0.1, -0.05) is 42.5 Å². The maximum atomic E-state index is 11.0. The molecule has 21 heavy (non-hydrogen) atoms. The van der Waals surface area contributed by atoms with E-state index in [4.69, 9.17) is 0 Å². The molecule has 0 saturated carbocycles. The first-order valence-corrected chi connectivity index (χ1v) is 7.08. The SMILES string of the molecule is CNC(CCc1cccc([N+](=O)[O-])c1C)c1ccccc1. The number of aryl methyl sites for hydroxylation is 1. The summed E-state index contributed by atoms with van der Waals surface area (Å²) < 4.78 is 0.